The smallest absolute Gasteiger partial charge is 0.333 e. The summed E-state index contributed by atoms with van der Waals surface area (Å²) in [5.74, 6) is 0.487. The zero-order valence-corrected chi connectivity index (χ0v) is 17.0. The van der Waals surface area contributed by atoms with Crippen LogP contribution in [0.25, 0.3) is 37.1 Å². The van der Waals surface area contributed by atoms with Crippen molar-refractivity contribution in [1.29, 1.82) is 0 Å². The Morgan fingerprint density at radius 2 is 1.93 bits per heavy atom. The minimum Gasteiger partial charge on any atom is -0.481 e. The molecule has 0 fully saturated rings. The number of aromatic amines is 1. The summed E-state index contributed by atoms with van der Waals surface area (Å²) >= 11 is 1.33. The lowest BCUT2D eigenvalue weighted by Crippen LogP contribution is -2.33. The van der Waals surface area contributed by atoms with Crippen molar-refractivity contribution >= 4 is 32.3 Å². The number of pyridine rings is 2. The molecule has 4 aromatic heterocycles. The van der Waals surface area contributed by atoms with Gasteiger partial charge < -0.3 is 9.72 Å². The third kappa shape index (κ3) is 2.81. The number of fused-ring (bicyclic) bond motifs is 2. The zero-order valence-electron chi connectivity index (χ0n) is 16.2. The fraction of sp³-hybridized carbons (Fsp3) is 0.0909. The van der Waals surface area contributed by atoms with Crippen LogP contribution >= 0.6 is 11.3 Å². The molecule has 0 radical (unpaired) electrons. The number of ether oxygens (including phenoxy) is 1. The molecule has 1 N–H and O–H groups in total. The molecule has 0 spiro atoms. The number of nitrogens with zero attached hydrogens (tertiary/aromatic N) is 3. The highest BCUT2D eigenvalue weighted by Crippen LogP contribution is 2.34. The summed E-state index contributed by atoms with van der Waals surface area (Å²) in [7, 11) is 1.56. The van der Waals surface area contributed by atoms with Crippen LogP contribution < -0.4 is 16.0 Å². The van der Waals surface area contributed by atoms with Crippen molar-refractivity contribution in [1.82, 2.24) is 19.5 Å². The Balaban J connectivity index is 1.78. The molecule has 0 atom stereocenters. The van der Waals surface area contributed by atoms with Gasteiger partial charge in [-0.05, 0) is 18.6 Å². The first-order valence-electron chi connectivity index (χ1n) is 9.20. The lowest BCUT2D eigenvalue weighted by molar-refractivity contribution is 0.398. The minimum atomic E-state index is -0.501. The number of H-pyrrole nitrogens is 1. The molecule has 0 bridgehead atoms. The number of rotatable bonds is 3. The second-order valence-electron chi connectivity index (χ2n) is 6.85. The van der Waals surface area contributed by atoms with Gasteiger partial charge in [0.15, 0.2) is 0 Å². The molecule has 0 saturated heterocycles. The Labute approximate surface area is 174 Å². The Bertz CT molecular complexity index is 1540. The maximum Gasteiger partial charge on any atom is 0.333 e. The quantitative estimate of drug-likeness (QED) is 0.485. The van der Waals surface area contributed by atoms with E-state index >= 15 is 0 Å². The Morgan fingerprint density at radius 1 is 1.10 bits per heavy atom. The highest BCUT2D eigenvalue weighted by Gasteiger charge is 2.17. The predicted octanol–water partition coefficient (Wildman–Crippen LogP) is 3.67. The van der Waals surface area contributed by atoms with Crippen molar-refractivity contribution in [2.75, 3.05) is 7.11 Å². The molecule has 30 heavy (non-hydrogen) atoms. The van der Waals surface area contributed by atoms with Gasteiger partial charge in [0.1, 0.15) is 4.70 Å². The molecule has 0 saturated carbocycles. The van der Waals surface area contributed by atoms with Gasteiger partial charge in [0.25, 0.3) is 5.56 Å². The molecule has 0 aliphatic heterocycles. The fourth-order valence-electron chi connectivity index (χ4n) is 3.52. The van der Waals surface area contributed by atoms with Gasteiger partial charge in [-0.2, -0.15) is 0 Å². The van der Waals surface area contributed by atoms with Crippen LogP contribution in [0.2, 0.25) is 0 Å². The summed E-state index contributed by atoms with van der Waals surface area (Å²) in [6.45, 7) is 1.94. The molecule has 5 aromatic rings. The van der Waals surface area contributed by atoms with Crippen LogP contribution in [0.15, 0.2) is 64.6 Å². The summed E-state index contributed by atoms with van der Waals surface area (Å²) in [6.07, 6.45) is 4.97. The molecule has 4 heterocycles. The third-order valence-corrected chi connectivity index (χ3v) is 6.17. The average molecular weight is 416 g/mol. The van der Waals surface area contributed by atoms with Crippen LogP contribution in [0, 0.1) is 6.92 Å². The van der Waals surface area contributed by atoms with Gasteiger partial charge in [0, 0.05) is 39.7 Å². The van der Waals surface area contributed by atoms with Crippen molar-refractivity contribution in [3.63, 3.8) is 0 Å². The number of nitrogens with one attached hydrogen (secondary N) is 1. The number of benzene rings is 1. The van der Waals surface area contributed by atoms with Gasteiger partial charge in [-0.1, -0.05) is 24.3 Å². The molecular formula is C22H16N4O3S. The molecule has 0 amide bonds. The van der Waals surface area contributed by atoms with E-state index < -0.39 is 5.69 Å². The second-order valence-corrected chi connectivity index (χ2v) is 7.90. The van der Waals surface area contributed by atoms with E-state index in [2.05, 4.69) is 15.0 Å². The molecular weight excluding hydrogens is 400 g/mol. The van der Waals surface area contributed by atoms with E-state index in [1.165, 1.54) is 17.5 Å². The average Bonchev–Trinajstić information content (AvgIpc) is 3.18. The number of methoxy groups -OCH3 is 1. The Hall–Kier alpha value is -3.78. The van der Waals surface area contributed by atoms with Crippen molar-refractivity contribution < 1.29 is 4.74 Å². The number of hydrogen-bond acceptors (Lipinski definition) is 6. The molecule has 7 nitrogen and oxygen atoms in total. The molecule has 0 aliphatic rings. The van der Waals surface area contributed by atoms with Crippen LogP contribution in [0.1, 0.15) is 5.56 Å². The van der Waals surface area contributed by atoms with Gasteiger partial charge >= 0.3 is 5.69 Å². The van der Waals surface area contributed by atoms with Crippen LogP contribution in [0.3, 0.4) is 0 Å². The summed E-state index contributed by atoms with van der Waals surface area (Å²) in [4.78, 5) is 38.3. The number of thiophene rings is 1. The Kier molecular flexibility index (Phi) is 4.22. The highest BCUT2D eigenvalue weighted by molar-refractivity contribution is 7.22. The normalized spacial score (nSPS) is 11.3. The van der Waals surface area contributed by atoms with E-state index in [-0.39, 0.29) is 5.56 Å². The maximum absolute atomic E-state index is 13.3. The van der Waals surface area contributed by atoms with Crippen LogP contribution in [-0.2, 0) is 0 Å². The van der Waals surface area contributed by atoms with E-state index in [4.69, 9.17) is 4.74 Å². The third-order valence-electron chi connectivity index (χ3n) is 5.01. The summed E-state index contributed by atoms with van der Waals surface area (Å²) in [5, 5.41) is 1.64. The SMILES string of the molecule is COc1cc(-c2cc3[nH]c(=O)n(-c4cncc5ccccc45)c(=O)c3s2)c(C)cn1. The molecule has 148 valence electrons. The van der Waals surface area contributed by atoms with Crippen molar-refractivity contribution in [2.45, 2.75) is 6.92 Å². The first-order valence-corrected chi connectivity index (χ1v) is 10.0. The standard InChI is InChI=1S/C22H16N4O3S/c1-12-9-24-19(29-2)7-15(12)18-8-16-20(30-18)21(27)26(22(28)25-16)17-11-23-10-13-5-3-4-6-14(13)17/h3-11H,1-2H3,(H,25,28). The van der Waals surface area contributed by atoms with Crippen LogP contribution in [0.4, 0.5) is 0 Å². The number of hydrogen-bond donors (Lipinski definition) is 1. The second kappa shape index (κ2) is 6.93. The Morgan fingerprint density at radius 3 is 2.77 bits per heavy atom. The lowest BCUT2D eigenvalue weighted by atomic mass is 10.1. The van der Waals surface area contributed by atoms with Crippen molar-refractivity contribution in [2.24, 2.45) is 0 Å². The van der Waals surface area contributed by atoms with Gasteiger partial charge in [0.05, 0.1) is 24.5 Å². The van der Waals surface area contributed by atoms with Crippen molar-refractivity contribution in [3.8, 4) is 22.0 Å². The van der Waals surface area contributed by atoms with Gasteiger partial charge in [-0.3, -0.25) is 9.78 Å². The van der Waals surface area contributed by atoms with E-state index in [0.29, 0.717) is 21.8 Å². The largest absolute Gasteiger partial charge is 0.481 e. The summed E-state index contributed by atoms with van der Waals surface area (Å²) in [6, 6.07) is 11.2. The van der Waals surface area contributed by atoms with Gasteiger partial charge in [-0.15, -0.1) is 11.3 Å². The minimum absolute atomic E-state index is 0.373. The highest BCUT2D eigenvalue weighted by atomic mass is 32.1. The van der Waals surface area contributed by atoms with E-state index in [0.717, 1.165) is 31.3 Å². The maximum atomic E-state index is 13.3. The zero-order chi connectivity index (χ0) is 20.8. The molecule has 8 heteroatoms. The van der Waals surface area contributed by atoms with Crippen LogP contribution in [-0.4, -0.2) is 26.6 Å². The van der Waals surface area contributed by atoms with E-state index in [9.17, 15) is 9.59 Å². The van der Waals surface area contributed by atoms with Gasteiger partial charge in [-0.25, -0.2) is 14.3 Å². The molecule has 0 aliphatic carbocycles. The van der Waals surface area contributed by atoms with Crippen LogP contribution in [0.5, 0.6) is 5.88 Å². The molecule has 5 rings (SSSR count). The van der Waals surface area contributed by atoms with E-state index in [1.54, 1.807) is 19.5 Å². The number of aryl methyl sites for hydroxylation is 1. The van der Waals surface area contributed by atoms with Crippen molar-refractivity contribution in [3.05, 3.63) is 81.4 Å². The predicted molar refractivity (Wildman–Crippen MR) is 118 cm³/mol. The van der Waals surface area contributed by atoms with Gasteiger partial charge in [0.2, 0.25) is 5.88 Å². The molecule has 1 aromatic carbocycles. The fourth-order valence-corrected chi connectivity index (χ4v) is 4.64. The summed E-state index contributed by atoms with van der Waals surface area (Å²) in [5.41, 5.74) is 1.94. The monoisotopic (exact) mass is 416 g/mol. The number of aromatic nitrogens is 4. The first-order chi connectivity index (χ1) is 14.6. The first kappa shape index (κ1) is 18.3. The topological polar surface area (TPSA) is 89.9 Å². The molecule has 0 unspecified atom stereocenters. The summed E-state index contributed by atoms with van der Waals surface area (Å²) < 4.78 is 6.85. The van der Waals surface area contributed by atoms with E-state index in [1.807, 2.05) is 43.3 Å². The lowest BCUT2D eigenvalue weighted by Gasteiger charge is -2.07.